The molecule has 1 heterocycles. The van der Waals surface area contributed by atoms with Crippen molar-refractivity contribution in [3.05, 3.63) is 17.5 Å². The molecule has 0 spiro atoms. The zero-order valence-electron chi connectivity index (χ0n) is 13.0. The molecule has 0 aliphatic heterocycles. The fraction of sp³-hybridized carbons (Fsp3) is 0.733. The second kappa shape index (κ2) is 8.74. The Bertz CT molecular complexity index is 414. The van der Waals surface area contributed by atoms with Gasteiger partial charge in [-0.3, -0.25) is 9.48 Å². The van der Waals surface area contributed by atoms with Crippen LogP contribution < -0.4 is 11.1 Å². The van der Waals surface area contributed by atoms with Gasteiger partial charge in [-0.25, -0.2) is 0 Å². The first kappa shape index (κ1) is 16.7. The van der Waals surface area contributed by atoms with Crippen molar-refractivity contribution in [1.82, 2.24) is 15.1 Å². The van der Waals surface area contributed by atoms with E-state index in [1.54, 1.807) is 4.68 Å². The minimum absolute atomic E-state index is 0.117. The van der Waals surface area contributed by atoms with Gasteiger partial charge >= 0.3 is 0 Å². The number of nitrogens with two attached hydrogens (primary N) is 1. The van der Waals surface area contributed by atoms with Crippen molar-refractivity contribution in [2.24, 2.45) is 18.7 Å². The van der Waals surface area contributed by atoms with E-state index in [9.17, 15) is 4.79 Å². The third-order valence-corrected chi connectivity index (χ3v) is 3.73. The average Bonchev–Trinajstić information content (AvgIpc) is 2.81. The number of aromatic nitrogens is 2. The number of amides is 1. The van der Waals surface area contributed by atoms with Gasteiger partial charge in [0.15, 0.2) is 0 Å². The van der Waals surface area contributed by atoms with Crippen molar-refractivity contribution in [2.75, 3.05) is 6.54 Å². The average molecular weight is 280 g/mol. The molecule has 3 N–H and O–H groups in total. The lowest BCUT2D eigenvalue weighted by Crippen LogP contribution is -2.23. The van der Waals surface area contributed by atoms with Crippen LogP contribution >= 0.6 is 0 Å². The highest BCUT2D eigenvalue weighted by atomic mass is 16.1. The Kier molecular flexibility index (Phi) is 7.30. The van der Waals surface area contributed by atoms with Crippen LogP contribution in [0.1, 0.15) is 50.8 Å². The largest absolute Gasteiger partial charge is 0.352 e. The molecule has 1 aromatic heterocycles. The highest BCUT2D eigenvalue weighted by Crippen LogP contribution is 2.14. The molecule has 5 heteroatoms. The van der Waals surface area contributed by atoms with E-state index in [1.807, 2.05) is 13.2 Å². The summed E-state index contributed by atoms with van der Waals surface area (Å²) in [4.78, 5) is 11.9. The Morgan fingerprint density at radius 3 is 2.80 bits per heavy atom. The van der Waals surface area contributed by atoms with E-state index in [-0.39, 0.29) is 5.91 Å². The molecule has 0 saturated carbocycles. The summed E-state index contributed by atoms with van der Waals surface area (Å²) in [5, 5.41) is 7.36. The van der Waals surface area contributed by atoms with Crippen LogP contribution in [-0.2, 0) is 24.8 Å². The summed E-state index contributed by atoms with van der Waals surface area (Å²) < 4.78 is 1.80. The normalized spacial score (nSPS) is 12.4. The second-order valence-corrected chi connectivity index (χ2v) is 5.30. The standard InChI is InChI=1S/C15H28N4O/c1-4-12(8-9-16)6-7-15(20)17-10-13-11-19(3)18-14(13)5-2/h11-12H,4-10,16H2,1-3H3,(H,17,20). The molecule has 1 aromatic rings. The van der Waals surface area contributed by atoms with Gasteiger partial charge < -0.3 is 11.1 Å². The van der Waals surface area contributed by atoms with Gasteiger partial charge in [-0.15, -0.1) is 0 Å². The Morgan fingerprint density at radius 2 is 2.20 bits per heavy atom. The minimum Gasteiger partial charge on any atom is -0.352 e. The van der Waals surface area contributed by atoms with Gasteiger partial charge in [0.1, 0.15) is 0 Å². The Hall–Kier alpha value is -1.36. The lowest BCUT2D eigenvalue weighted by atomic mass is 9.96. The third-order valence-electron chi connectivity index (χ3n) is 3.73. The molecule has 1 rings (SSSR count). The molecule has 0 fully saturated rings. The quantitative estimate of drug-likeness (QED) is 0.724. The third kappa shape index (κ3) is 5.33. The van der Waals surface area contributed by atoms with Gasteiger partial charge in [0.2, 0.25) is 5.91 Å². The first-order valence-corrected chi connectivity index (χ1v) is 7.58. The Balaban J connectivity index is 2.35. The molecule has 1 atom stereocenters. The van der Waals surface area contributed by atoms with Crippen molar-refractivity contribution in [3.63, 3.8) is 0 Å². The number of carbonyl (C=O) groups is 1. The summed E-state index contributed by atoms with van der Waals surface area (Å²) >= 11 is 0. The number of nitrogens with zero attached hydrogens (tertiary/aromatic N) is 2. The van der Waals surface area contributed by atoms with E-state index < -0.39 is 0 Å². The molecule has 20 heavy (non-hydrogen) atoms. The molecule has 0 radical (unpaired) electrons. The van der Waals surface area contributed by atoms with Crippen LogP contribution in [0, 0.1) is 5.92 Å². The van der Waals surface area contributed by atoms with Crippen molar-refractivity contribution >= 4 is 5.91 Å². The van der Waals surface area contributed by atoms with E-state index in [2.05, 4.69) is 24.3 Å². The fourth-order valence-electron chi connectivity index (χ4n) is 2.43. The number of carbonyl (C=O) groups excluding carboxylic acids is 1. The molecule has 0 bridgehead atoms. The van der Waals surface area contributed by atoms with Crippen LogP contribution in [0.4, 0.5) is 0 Å². The van der Waals surface area contributed by atoms with E-state index in [4.69, 9.17) is 5.73 Å². The minimum atomic E-state index is 0.117. The maximum atomic E-state index is 11.9. The van der Waals surface area contributed by atoms with Crippen LogP contribution in [0.25, 0.3) is 0 Å². The summed E-state index contributed by atoms with van der Waals surface area (Å²) in [5.74, 6) is 0.682. The second-order valence-electron chi connectivity index (χ2n) is 5.30. The van der Waals surface area contributed by atoms with Gasteiger partial charge in [-0.05, 0) is 31.7 Å². The summed E-state index contributed by atoms with van der Waals surface area (Å²) in [6, 6.07) is 0. The zero-order chi connectivity index (χ0) is 15.0. The number of nitrogens with one attached hydrogen (secondary N) is 1. The first-order chi connectivity index (χ1) is 9.60. The van der Waals surface area contributed by atoms with E-state index in [0.717, 1.165) is 36.9 Å². The number of aryl methyl sites for hydroxylation is 2. The topological polar surface area (TPSA) is 72.9 Å². The van der Waals surface area contributed by atoms with Crippen molar-refractivity contribution in [3.8, 4) is 0 Å². The monoisotopic (exact) mass is 280 g/mol. The smallest absolute Gasteiger partial charge is 0.220 e. The number of hydrogen-bond donors (Lipinski definition) is 2. The highest BCUT2D eigenvalue weighted by Gasteiger charge is 2.10. The van der Waals surface area contributed by atoms with E-state index >= 15 is 0 Å². The Morgan fingerprint density at radius 1 is 1.45 bits per heavy atom. The fourth-order valence-corrected chi connectivity index (χ4v) is 2.43. The van der Waals surface area contributed by atoms with Crippen LogP contribution in [0.5, 0.6) is 0 Å². The summed E-state index contributed by atoms with van der Waals surface area (Å²) in [6.07, 6.45) is 6.47. The summed E-state index contributed by atoms with van der Waals surface area (Å²) in [6.45, 7) is 5.51. The molecule has 1 amide bonds. The predicted molar refractivity (Wildman–Crippen MR) is 81.1 cm³/mol. The lowest BCUT2D eigenvalue weighted by molar-refractivity contribution is -0.121. The van der Waals surface area contributed by atoms with Crippen LogP contribution in [0.15, 0.2) is 6.20 Å². The van der Waals surface area contributed by atoms with Gasteiger partial charge in [0, 0.05) is 31.8 Å². The molecule has 0 aromatic carbocycles. The van der Waals surface area contributed by atoms with Crippen LogP contribution in [0.3, 0.4) is 0 Å². The van der Waals surface area contributed by atoms with Crippen molar-refractivity contribution in [1.29, 1.82) is 0 Å². The van der Waals surface area contributed by atoms with Gasteiger partial charge in [-0.1, -0.05) is 20.3 Å². The maximum Gasteiger partial charge on any atom is 0.220 e. The SMILES string of the molecule is CCc1nn(C)cc1CNC(=O)CCC(CC)CCN. The number of rotatable bonds is 9. The number of hydrogen-bond acceptors (Lipinski definition) is 3. The van der Waals surface area contributed by atoms with Crippen molar-refractivity contribution < 1.29 is 4.79 Å². The molecule has 0 aliphatic rings. The van der Waals surface area contributed by atoms with Gasteiger partial charge in [0.25, 0.3) is 0 Å². The van der Waals surface area contributed by atoms with Gasteiger partial charge in [0.05, 0.1) is 5.69 Å². The van der Waals surface area contributed by atoms with Crippen molar-refractivity contribution in [2.45, 2.75) is 52.5 Å². The molecular formula is C15H28N4O. The predicted octanol–water partition coefficient (Wildman–Crippen LogP) is 1.75. The zero-order valence-corrected chi connectivity index (χ0v) is 13.0. The molecule has 5 nitrogen and oxygen atoms in total. The molecule has 114 valence electrons. The van der Waals surface area contributed by atoms with Crippen LogP contribution in [-0.4, -0.2) is 22.2 Å². The molecule has 1 unspecified atom stereocenters. The van der Waals surface area contributed by atoms with E-state index in [0.29, 0.717) is 25.4 Å². The molecular weight excluding hydrogens is 252 g/mol. The first-order valence-electron chi connectivity index (χ1n) is 7.58. The van der Waals surface area contributed by atoms with Crippen LogP contribution in [0.2, 0.25) is 0 Å². The highest BCUT2D eigenvalue weighted by molar-refractivity contribution is 5.75. The summed E-state index contributed by atoms with van der Waals surface area (Å²) in [5.41, 5.74) is 7.74. The molecule has 0 saturated heterocycles. The maximum absolute atomic E-state index is 11.9. The summed E-state index contributed by atoms with van der Waals surface area (Å²) in [7, 11) is 1.91. The Labute approximate surface area is 121 Å². The molecule has 0 aliphatic carbocycles. The van der Waals surface area contributed by atoms with Gasteiger partial charge in [-0.2, -0.15) is 5.10 Å². The lowest BCUT2D eigenvalue weighted by Gasteiger charge is -2.13. The van der Waals surface area contributed by atoms with E-state index in [1.165, 1.54) is 0 Å².